The van der Waals surface area contributed by atoms with Gasteiger partial charge in [-0.25, -0.2) is 4.79 Å². The summed E-state index contributed by atoms with van der Waals surface area (Å²) in [5, 5.41) is 0. The van der Waals surface area contributed by atoms with Gasteiger partial charge >= 0.3 is 5.97 Å². The molecule has 0 aliphatic carbocycles. The molecule has 1 heterocycles. The van der Waals surface area contributed by atoms with E-state index in [0.29, 0.717) is 11.1 Å². The average Bonchev–Trinajstić information content (AvgIpc) is 2.61. The molecule has 0 unspecified atom stereocenters. The molecule has 0 aromatic heterocycles. The number of methoxy groups -OCH3 is 1. The fourth-order valence-corrected chi connectivity index (χ4v) is 3.21. The summed E-state index contributed by atoms with van der Waals surface area (Å²) in [6.45, 7) is 5.30. The van der Waals surface area contributed by atoms with Crippen LogP contribution in [0.5, 0.6) is 0 Å². The van der Waals surface area contributed by atoms with Crippen molar-refractivity contribution >= 4 is 23.6 Å². The number of hydrogen-bond donors (Lipinski definition) is 0. The van der Waals surface area contributed by atoms with Crippen LogP contribution in [0.25, 0.3) is 0 Å². The first kappa shape index (κ1) is 16.2. The Morgan fingerprint density at radius 3 is 2.50 bits per heavy atom. The van der Waals surface area contributed by atoms with E-state index in [1.807, 2.05) is 30.3 Å². The van der Waals surface area contributed by atoms with E-state index >= 15 is 0 Å². The molecule has 1 aliphatic rings. The molecule has 2 aromatic rings. The molecule has 24 heavy (non-hydrogen) atoms. The third-order valence-corrected chi connectivity index (χ3v) is 4.74. The first-order valence-corrected chi connectivity index (χ1v) is 8.02. The molecule has 1 aliphatic heterocycles. The summed E-state index contributed by atoms with van der Waals surface area (Å²) in [5.41, 5.74) is 4.58. The van der Waals surface area contributed by atoms with E-state index < -0.39 is 0 Å². The highest BCUT2D eigenvalue weighted by Crippen LogP contribution is 2.43. The van der Waals surface area contributed by atoms with Gasteiger partial charge in [0, 0.05) is 23.5 Å². The van der Waals surface area contributed by atoms with Gasteiger partial charge in [-0.1, -0.05) is 13.8 Å². The van der Waals surface area contributed by atoms with Gasteiger partial charge in [0.1, 0.15) is 6.29 Å². The van der Waals surface area contributed by atoms with Crippen molar-refractivity contribution in [1.82, 2.24) is 0 Å². The van der Waals surface area contributed by atoms with Crippen LogP contribution in [0.3, 0.4) is 0 Å². The molecule has 124 valence electrons. The predicted molar refractivity (Wildman–Crippen MR) is 94.3 cm³/mol. The number of benzene rings is 2. The number of esters is 1. The van der Waals surface area contributed by atoms with Crippen LogP contribution < -0.4 is 4.90 Å². The Hall–Kier alpha value is -2.62. The number of carbonyl (C=O) groups excluding carboxylic acids is 2. The van der Waals surface area contributed by atoms with Gasteiger partial charge in [-0.3, -0.25) is 4.79 Å². The highest BCUT2D eigenvalue weighted by atomic mass is 16.5. The van der Waals surface area contributed by atoms with Gasteiger partial charge in [0.05, 0.1) is 12.7 Å². The van der Waals surface area contributed by atoms with E-state index in [9.17, 15) is 9.59 Å². The molecular formula is C20H21NO3. The van der Waals surface area contributed by atoms with Crippen LogP contribution >= 0.6 is 0 Å². The molecule has 0 fully saturated rings. The summed E-state index contributed by atoms with van der Waals surface area (Å²) in [6, 6.07) is 13.3. The molecular weight excluding hydrogens is 302 g/mol. The van der Waals surface area contributed by atoms with Crippen molar-refractivity contribution in [2.24, 2.45) is 0 Å². The van der Waals surface area contributed by atoms with Crippen LogP contribution in [0, 0.1) is 0 Å². The van der Waals surface area contributed by atoms with Gasteiger partial charge in [-0.15, -0.1) is 0 Å². The lowest BCUT2D eigenvalue weighted by Crippen LogP contribution is -2.34. The Balaban J connectivity index is 2.01. The molecule has 4 heteroatoms. The fourth-order valence-electron chi connectivity index (χ4n) is 3.21. The molecule has 0 radical (unpaired) electrons. The number of anilines is 2. The third-order valence-electron chi connectivity index (χ3n) is 4.74. The first-order valence-electron chi connectivity index (χ1n) is 8.02. The molecule has 0 atom stereocenters. The standard InChI is InChI=1S/C20H21NO3/c1-20(2)10-11-21(18-9-4-14(13-22)12-17(18)20)16-7-5-15(6-8-16)19(23)24-3/h4-9,12-13H,10-11H2,1-3H3. The maximum Gasteiger partial charge on any atom is 0.337 e. The summed E-state index contributed by atoms with van der Waals surface area (Å²) in [6.07, 6.45) is 1.88. The minimum Gasteiger partial charge on any atom is -0.465 e. The Morgan fingerprint density at radius 1 is 1.17 bits per heavy atom. The molecule has 3 rings (SSSR count). The Labute approximate surface area is 142 Å². The van der Waals surface area contributed by atoms with E-state index in [2.05, 4.69) is 18.7 Å². The van der Waals surface area contributed by atoms with E-state index in [0.717, 1.165) is 30.6 Å². The Bertz CT molecular complexity index is 778. The molecule has 0 amide bonds. The summed E-state index contributed by atoms with van der Waals surface area (Å²) < 4.78 is 4.75. The lowest BCUT2D eigenvalue weighted by Gasteiger charge is -2.40. The summed E-state index contributed by atoms with van der Waals surface area (Å²) in [4.78, 5) is 24.9. The molecule has 0 N–H and O–H groups in total. The minimum absolute atomic E-state index is 0.0246. The van der Waals surface area contributed by atoms with E-state index in [4.69, 9.17) is 4.74 Å². The van der Waals surface area contributed by atoms with Gasteiger partial charge < -0.3 is 9.64 Å². The number of rotatable bonds is 3. The number of carbonyl (C=O) groups is 2. The molecule has 2 aromatic carbocycles. The van der Waals surface area contributed by atoms with Crippen LogP contribution in [0.2, 0.25) is 0 Å². The molecule has 0 spiro atoms. The average molecular weight is 323 g/mol. The van der Waals surface area contributed by atoms with Crippen LogP contribution in [-0.2, 0) is 10.2 Å². The van der Waals surface area contributed by atoms with Crippen LogP contribution in [0.4, 0.5) is 11.4 Å². The topological polar surface area (TPSA) is 46.6 Å². The molecule has 0 bridgehead atoms. The highest BCUT2D eigenvalue weighted by Gasteiger charge is 2.32. The predicted octanol–water partition coefficient (Wildman–Crippen LogP) is 4.11. The van der Waals surface area contributed by atoms with Crippen LogP contribution in [0.15, 0.2) is 42.5 Å². The van der Waals surface area contributed by atoms with Gasteiger partial charge in [0.15, 0.2) is 0 Å². The fraction of sp³-hybridized carbons (Fsp3) is 0.300. The van der Waals surface area contributed by atoms with Crippen molar-refractivity contribution in [3.63, 3.8) is 0 Å². The normalized spacial score (nSPS) is 15.5. The van der Waals surface area contributed by atoms with Crippen LogP contribution in [0.1, 0.15) is 46.5 Å². The maximum atomic E-state index is 11.6. The van der Waals surface area contributed by atoms with Gasteiger partial charge in [0.2, 0.25) is 0 Å². The number of fused-ring (bicyclic) bond motifs is 1. The van der Waals surface area contributed by atoms with E-state index in [-0.39, 0.29) is 11.4 Å². The lowest BCUT2D eigenvalue weighted by atomic mass is 9.77. The van der Waals surface area contributed by atoms with Crippen molar-refractivity contribution in [3.8, 4) is 0 Å². The minimum atomic E-state index is -0.336. The van der Waals surface area contributed by atoms with Crippen molar-refractivity contribution in [1.29, 1.82) is 0 Å². The van der Waals surface area contributed by atoms with Crippen molar-refractivity contribution < 1.29 is 14.3 Å². The summed E-state index contributed by atoms with van der Waals surface area (Å²) >= 11 is 0. The molecule has 0 saturated heterocycles. The van der Waals surface area contributed by atoms with Crippen molar-refractivity contribution in [3.05, 3.63) is 59.2 Å². The maximum absolute atomic E-state index is 11.6. The quantitative estimate of drug-likeness (QED) is 0.630. The molecule has 0 saturated carbocycles. The van der Waals surface area contributed by atoms with Gasteiger partial charge in [0.25, 0.3) is 0 Å². The van der Waals surface area contributed by atoms with Gasteiger partial charge in [-0.05, 0) is 59.9 Å². The number of aldehydes is 1. The monoisotopic (exact) mass is 323 g/mol. The second-order valence-corrected chi connectivity index (χ2v) is 6.72. The summed E-state index contributed by atoms with van der Waals surface area (Å²) in [7, 11) is 1.38. The van der Waals surface area contributed by atoms with Crippen molar-refractivity contribution in [2.75, 3.05) is 18.6 Å². The SMILES string of the molecule is COC(=O)c1ccc(N2CCC(C)(C)c3cc(C=O)ccc32)cc1. The van der Waals surface area contributed by atoms with Gasteiger partial charge in [-0.2, -0.15) is 0 Å². The van der Waals surface area contributed by atoms with E-state index in [1.165, 1.54) is 12.7 Å². The first-order chi connectivity index (χ1) is 11.5. The Morgan fingerprint density at radius 2 is 1.88 bits per heavy atom. The second-order valence-electron chi connectivity index (χ2n) is 6.72. The Kier molecular flexibility index (Phi) is 4.14. The zero-order chi connectivity index (χ0) is 17.3. The highest BCUT2D eigenvalue weighted by molar-refractivity contribution is 5.90. The largest absolute Gasteiger partial charge is 0.465 e. The smallest absolute Gasteiger partial charge is 0.337 e. The van der Waals surface area contributed by atoms with E-state index in [1.54, 1.807) is 12.1 Å². The third kappa shape index (κ3) is 2.80. The summed E-state index contributed by atoms with van der Waals surface area (Å²) in [5.74, 6) is -0.336. The second kappa shape index (κ2) is 6.11. The lowest BCUT2D eigenvalue weighted by molar-refractivity contribution is 0.0600. The number of ether oxygens (including phenoxy) is 1. The number of hydrogen-bond acceptors (Lipinski definition) is 4. The van der Waals surface area contributed by atoms with Crippen molar-refractivity contribution in [2.45, 2.75) is 25.7 Å². The van der Waals surface area contributed by atoms with Crippen LogP contribution in [-0.4, -0.2) is 25.9 Å². The number of nitrogens with zero attached hydrogens (tertiary/aromatic N) is 1. The molecule has 4 nitrogen and oxygen atoms in total. The zero-order valence-electron chi connectivity index (χ0n) is 14.2. The zero-order valence-corrected chi connectivity index (χ0v) is 14.2.